The van der Waals surface area contributed by atoms with E-state index in [0.717, 1.165) is 22.4 Å². The van der Waals surface area contributed by atoms with Gasteiger partial charge in [0.2, 0.25) is 5.78 Å². The molecule has 2 heteroatoms. The van der Waals surface area contributed by atoms with Gasteiger partial charge < -0.3 is 4.74 Å². The van der Waals surface area contributed by atoms with Gasteiger partial charge in [-0.05, 0) is 32.4 Å². The van der Waals surface area contributed by atoms with E-state index in [1.165, 1.54) is 5.56 Å². The molecule has 1 unspecified atom stereocenters. The Kier molecular flexibility index (Phi) is 4.99. The van der Waals surface area contributed by atoms with Crippen LogP contribution in [0.1, 0.15) is 38.7 Å². The Morgan fingerprint density at radius 3 is 2.08 bits per heavy atom. The molecule has 0 N–H and O–H groups in total. The molecule has 0 saturated carbocycles. The van der Waals surface area contributed by atoms with Crippen molar-refractivity contribution in [1.82, 2.24) is 0 Å². The van der Waals surface area contributed by atoms with E-state index < -0.39 is 6.10 Å². The molecule has 0 aliphatic heterocycles. The first-order chi connectivity index (χ1) is 12.0. The largest absolute Gasteiger partial charge is 0.477 e. The number of hydrogen-bond acceptors (Lipinski definition) is 2. The molecule has 0 saturated heterocycles. The third-order valence-corrected chi connectivity index (χ3v) is 4.25. The number of ether oxygens (including phenoxy) is 1. The van der Waals surface area contributed by atoms with Gasteiger partial charge in [0.25, 0.3) is 0 Å². The minimum Gasteiger partial charge on any atom is -0.477 e. The zero-order valence-corrected chi connectivity index (χ0v) is 14.8. The van der Waals surface area contributed by atoms with Gasteiger partial charge in [0, 0.05) is 11.1 Å². The lowest BCUT2D eigenvalue weighted by atomic mass is 9.98. The molecule has 3 rings (SSSR count). The average molecular weight is 330 g/mol. The summed E-state index contributed by atoms with van der Waals surface area (Å²) in [6, 6.07) is 23.2. The fraction of sp³-hybridized carbons (Fsp3) is 0.174. The second-order valence-corrected chi connectivity index (χ2v) is 6.41. The van der Waals surface area contributed by atoms with E-state index >= 15 is 0 Å². The van der Waals surface area contributed by atoms with Gasteiger partial charge in [-0.15, -0.1) is 0 Å². The van der Waals surface area contributed by atoms with Crippen molar-refractivity contribution >= 4 is 5.78 Å². The molecule has 25 heavy (non-hydrogen) atoms. The van der Waals surface area contributed by atoms with Crippen molar-refractivity contribution in [2.75, 3.05) is 0 Å². The number of benzene rings is 3. The zero-order chi connectivity index (χ0) is 17.8. The van der Waals surface area contributed by atoms with Crippen molar-refractivity contribution in [3.05, 3.63) is 101 Å². The summed E-state index contributed by atoms with van der Waals surface area (Å²) in [5.41, 5.74) is 4.86. The molecule has 2 nitrogen and oxygen atoms in total. The topological polar surface area (TPSA) is 26.3 Å². The first-order valence-electron chi connectivity index (χ1n) is 8.44. The highest BCUT2D eigenvalue weighted by molar-refractivity contribution is 6.00. The van der Waals surface area contributed by atoms with Crippen LogP contribution in [0.2, 0.25) is 0 Å². The van der Waals surface area contributed by atoms with E-state index in [4.69, 9.17) is 4.74 Å². The number of aryl methyl sites for hydroxylation is 3. The van der Waals surface area contributed by atoms with Crippen molar-refractivity contribution in [3.8, 4) is 5.75 Å². The minimum absolute atomic E-state index is 0.0376. The number of hydrogen-bond donors (Lipinski definition) is 0. The summed E-state index contributed by atoms with van der Waals surface area (Å²) in [4.78, 5) is 13.1. The Labute approximate surface area is 149 Å². The van der Waals surface area contributed by atoms with Crippen LogP contribution in [0.25, 0.3) is 0 Å². The monoisotopic (exact) mass is 330 g/mol. The molecule has 0 aliphatic carbocycles. The number of ketones is 1. The van der Waals surface area contributed by atoms with E-state index in [1.807, 2.05) is 87.5 Å². The van der Waals surface area contributed by atoms with Crippen LogP contribution in [0.15, 0.2) is 72.8 Å². The van der Waals surface area contributed by atoms with Crippen LogP contribution < -0.4 is 4.74 Å². The molecule has 0 aromatic heterocycles. The van der Waals surface area contributed by atoms with Gasteiger partial charge in [0.15, 0.2) is 6.10 Å². The van der Waals surface area contributed by atoms with Crippen molar-refractivity contribution < 1.29 is 9.53 Å². The number of Topliss-reactive ketones (excluding diaryl/α,β-unsaturated/α-hetero) is 1. The lowest BCUT2D eigenvalue weighted by molar-refractivity contribution is 0.0791. The second-order valence-electron chi connectivity index (χ2n) is 6.41. The Hall–Kier alpha value is -2.87. The van der Waals surface area contributed by atoms with Crippen molar-refractivity contribution in [2.24, 2.45) is 0 Å². The maximum absolute atomic E-state index is 13.1. The summed E-state index contributed by atoms with van der Waals surface area (Å²) in [6.07, 6.45) is -0.663. The summed E-state index contributed by atoms with van der Waals surface area (Å²) in [5.74, 6) is 0.699. The summed E-state index contributed by atoms with van der Waals surface area (Å²) in [7, 11) is 0. The fourth-order valence-electron chi connectivity index (χ4n) is 2.83. The van der Waals surface area contributed by atoms with Crippen molar-refractivity contribution in [3.63, 3.8) is 0 Å². The maximum Gasteiger partial charge on any atom is 0.207 e. The lowest BCUT2D eigenvalue weighted by Gasteiger charge is -2.20. The van der Waals surface area contributed by atoms with E-state index in [9.17, 15) is 4.79 Å². The van der Waals surface area contributed by atoms with E-state index in [1.54, 1.807) is 0 Å². The summed E-state index contributed by atoms with van der Waals surface area (Å²) >= 11 is 0. The van der Waals surface area contributed by atoms with Crippen LogP contribution in [0.3, 0.4) is 0 Å². The molecule has 0 bridgehead atoms. The van der Waals surface area contributed by atoms with Gasteiger partial charge in [-0.1, -0.05) is 77.9 Å². The molecule has 1 atom stereocenters. The van der Waals surface area contributed by atoms with Crippen LogP contribution >= 0.6 is 0 Å². The third kappa shape index (κ3) is 3.97. The second kappa shape index (κ2) is 7.35. The summed E-state index contributed by atoms with van der Waals surface area (Å²) < 4.78 is 6.19. The van der Waals surface area contributed by atoms with Gasteiger partial charge in [-0.2, -0.15) is 0 Å². The normalized spacial score (nSPS) is 11.8. The molecule has 126 valence electrons. The predicted molar refractivity (Wildman–Crippen MR) is 101 cm³/mol. The predicted octanol–water partition coefficient (Wildman–Crippen LogP) is 5.61. The van der Waals surface area contributed by atoms with Crippen molar-refractivity contribution in [2.45, 2.75) is 26.9 Å². The van der Waals surface area contributed by atoms with Crippen LogP contribution in [-0.4, -0.2) is 5.78 Å². The number of carbonyl (C=O) groups excluding carboxylic acids is 1. The van der Waals surface area contributed by atoms with Gasteiger partial charge in [-0.3, -0.25) is 4.79 Å². The molecule has 0 amide bonds. The first kappa shape index (κ1) is 17.0. The van der Waals surface area contributed by atoms with Crippen LogP contribution in [-0.2, 0) is 0 Å². The SMILES string of the molecule is Cc1ccc(C(Oc2ccc(C)cc2C)C(=O)c2ccccc2)cc1. The molecule has 0 heterocycles. The minimum atomic E-state index is -0.663. The maximum atomic E-state index is 13.1. The van der Waals surface area contributed by atoms with Crippen LogP contribution in [0, 0.1) is 20.8 Å². The molecule has 3 aromatic rings. The molecule has 0 fully saturated rings. The van der Waals surface area contributed by atoms with Gasteiger partial charge >= 0.3 is 0 Å². The first-order valence-corrected chi connectivity index (χ1v) is 8.44. The molecule has 0 radical (unpaired) electrons. The smallest absolute Gasteiger partial charge is 0.207 e. The summed E-state index contributed by atoms with van der Waals surface area (Å²) in [5, 5.41) is 0. The van der Waals surface area contributed by atoms with Gasteiger partial charge in [0.1, 0.15) is 5.75 Å². The van der Waals surface area contributed by atoms with Crippen molar-refractivity contribution in [1.29, 1.82) is 0 Å². The molecule has 0 aliphatic rings. The zero-order valence-electron chi connectivity index (χ0n) is 14.8. The number of carbonyl (C=O) groups is 1. The lowest BCUT2D eigenvalue weighted by Crippen LogP contribution is -2.19. The van der Waals surface area contributed by atoms with Gasteiger partial charge in [0.05, 0.1) is 0 Å². The fourth-order valence-corrected chi connectivity index (χ4v) is 2.83. The average Bonchev–Trinajstić information content (AvgIpc) is 2.62. The van der Waals surface area contributed by atoms with Crippen LogP contribution in [0.5, 0.6) is 5.75 Å². The highest BCUT2D eigenvalue weighted by atomic mass is 16.5. The van der Waals surface area contributed by atoms with Gasteiger partial charge in [-0.25, -0.2) is 0 Å². The Bertz CT molecular complexity index is 864. The quantitative estimate of drug-likeness (QED) is 0.568. The molecule has 3 aromatic carbocycles. The highest BCUT2D eigenvalue weighted by Gasteiger charge is 2.24. The molecular weight excluding hydrogens is 308 g/mol. The standard InChI is InChI=1S/C23H22O2/c1-16-9-12-20(13-10-16)23(22(24)19-7-5-4-6-8-19)25-21-14-11-17(2)15-18(21)3/h4-15,23H,1-3H3. The molecular formula is C23H22O2. The van der Waals surface area contributed by atoms with E-state index in [0.29, 0.717) is 5.56 Å². The highest BCUT2D eigenvalue weighted by Crippen LogP contribution is 2.28. The van der Waals surface area contributed by atoms with Crippen LogP contribution in [0.4, 0.5) is 0 Å². The Morgan fingerprint density at radius 2 is 1.44 bits per heavy atom. The molecule has 0 spiro atoms. The summed E-state index contributed by atoms with van der Waals surface area (Å²) in [6.45, 7) is 6.08. The Morgan fingerprint density at radius 1 is 0.800 bits per heavy atom. The number of rotatable bonds is 5. The third-order valence-electron chi connectivity index (χ3n) is 4.25. The Balaban J connectivity index is 1.99. The van der Waals surface area contributed by atoms with E-state index in [2.05, 4.69) is 6.07 Å². The van der Waals surface area contributed by atoms with E-state index in [-0.39, 0.29) is 5.78 Å².